The molecule has 4 heterocycles. The molecule has 6 aliphatic rings. The van der Waals surface area contributed by atoms with E-state index in [4.69, 9.17) is 4.98 Å². The van der Waals surface area contributed by atoms with Gasteiger partial charge in [0.1, 0.15) is 11.6 Å². The Morgan fingerprint density at radius 2 is 1.75 bits per heavy atom. The minimum Gasteiger partial charge on any atom is -0.393 e. The summed E-state index contributed by atoms with van der Waals surface area (Å²) in [5, 5.41) is 16.0. The number of aryl methyl sites for hydroxylation is 1. The number of hydrogen-bond acceptors (Lipinski definition) is 11. The molecule has 3 atom stereocenters. The Morgan fingerprint density at radius 1 is 0.967 bits per heavy atom. The molecule has 3 aromatic rings. The maximum Gasteiger partial charge on any atom is 0.240 e. The molecule has 3 amide bonds. The van der Waals surface area contributed by atoms with Crippen molar-refractivity contribution in [1.82, 2.24) is 24.9 Å². The number of carbonyl (C=O) groups excluding carboxylic acids is 3. The smallest absolute Gasteiger partial charge is 0.240 e. The Balaban J connectivity index is 0.738. The van der Waals surface area contributed by atoms with E-state index >= 15 is 4.39 Å². The number of rotatable bonds is 11. The summed E-state index contributed by atoms with van der Waals surface area (Å²) >= 11 is 0. The number of halogens is 1. The summed E-state index contributed by atoms with van der Waals surface area (Å²) < 4.78 is 45.3. The van der Waals surface area contributed by atoms with Gasteiger partial charge in [-0.15, -0.1) is 0 Å². The molecule has 9 rings (SSSR count). The van der Waals surface area contributed by atoms with Gasteiger partial charge < -0.3 is 15.3 Å². The summed E-state index contributed by atoms with van der Waals surface area (Å²) in [6.07, 6.45) is 11.0. The monoisotopic (exact) mass is 842 g/mol. The number of hydrogen-bond donors (Lipinski definition) is 4. The molecule has 1 unspecified atom stereocenters. The van der Waals surface area contributed by atoms with E-state index in [-0.39, 0.29) is 46.9 Å². The number of piperidine rings is 1. The van der Waals surface area contributed by atoms with Crippen molar-refractivity contribution in [2.24, 2.45) is 5.92 Å². The van der Waals surface area contributed by atoms with Gasteiger partial charge in [-0.05, 0) is 138 Å². The van der Waals surface area contributed by atoms with Gasteiger partial charge in [-0.3, -0.25) is 29.5 Å². The average molecular weight is 843 g/mol. The van der Waals surface area contributed by atoms with E-state index in [9.17, 15) is 27.9 Å². The number of amides is 3. The van der Waals surface area contributed by atoms with Crippen molar-refractivity contribution in [3.63, 3.8) is 0 Å². The quantitative estimate of drug-likeness (QED) is 0.193. The summed E-state index contributed by atoms with van der Waals surface area (Å²) in [4.78, 5) is 53.3. The molecule has 60 heavy (non-hydrogen) atoms. The number of imide groups is 1. The first kappa shape index (κ1) is 40.9. The normalized spacial score (nSPS) is 26.9. The van der Waals surface area contributed by atoms with Crippen LogP contribution in [-0.2, 0) is 29.8 Å². The van der Waals surface area contributed by atoms with Crippen LogP contribution in [0.15, 0.2) is 47.5 Å². The predicted molar refractivity (Wildman–Crippen MR) is 224 cm³/mol. The predicted octanol–water partition coefficient (Wildman–Crippen LogP) is 4.92. The molecule has 0 bridgehead atoms. The maximum atomic E-state index is 15.2. The number of aliphatic hydroxyl groups excluding tert-OH is 1. The lowest BCUT2D eigenvalue weighted by Gasteiger charge is -2.37. The van der Waals surface area contributed by atoms with Crippen LogP contribution in [0, 0.1) is 18.7 Å². The molecular formula is C44H55FN8O6S. The molecular weight excluding hydrogens is 788 g/mol. The van der Waals surface area contributed by atoms with E-state index in [2.05, 4.69) is 30.1 Å². The van der Waals surface area contributed by atoms with Crippen LogP contribution in [0.2, 0.25) is 0 Å². The second-order valence-electron chi connectivity index (χ2n) is 17.9. The molecule has 1 spiro atoms. The standard InChI is InChI=1S/C44H55FN8O6S/c1-27-23-33(10-12-37(27)47-43-46-26-35-40(49-43)53(42(57)44(35)16-17-44)31-3-2-4-32(54)25-31)60(58,59)50-30-8-5-28(6-9-30)15-18-51-19-21-52(22-20-51)38-13-7-29(24-36(38)45)34-11-14-39(55)48-41(34)56/h7,10,12-13,23-24,26,28,30-32,34,50,54H,2-6,8-9,11,14-22,25H2,1H3,(H,46,47,49)(H,48,55,56)/t28?,30?,31-,32-,34?/m1/s1. The Kier molecular flexibility index (Phi) is 11.2. The third kappa shape index (κ3) is 8.15. The summed E-state index contributed by atoms with van der Waals surface area (Å²) in [7, 11) is -3.75. The van der Waals surface area contributed by atoms with Crippen LogP contribution in [0.4, 0.5) is 27.5 Å². The number of anilines is 4. The minimum absolute atomic E-state index is 0.0652. The highest BCUT2D eigenvalue weighted by molar-refractivity contribution is 7.89. The zero-order valence-electron chi connectivity index (χ0n) is 34.2. The van der Waals surface area contributed by atoms with E-state index in [1.54, 1.807) is 36.5 Å². The zero-order valence-corrected chi connectivity index (χ0v) is 35.0. The molecule has 5 fully saturated rings. The SMILES string of the molecule is Cc1cc(S(=O)(=O)NC2CCC(CCN3CCN(c4ccc(C5CCC(=O)NC5=O)cc4F)CC3)CC2)ccc1Nc1ncc2c(n1)N([C@@H]1CCC[C@@H](O)C1)C(=O)C21CC1. The van der Waals surface area contributed by atoms with Crippen molar-refractivity contribution in [2.75, 3.05) is 47.8 Å². The van der Waals surface area contributed by atoms with Gasteiger partial charge in [-0.1, -0.05) is 6.07 Å². The molecule has 14 nitrogen and oxygen atoms in total. The Bertz CT molecular complexity index is 2270. The highest BCUT2D eigenvalue weighted by Crippen LogP contribution is 2.57. The topological polar surface area (TPSA) is 177 Å². The van der Waals surface area contributed by atoms with Crippen molar-refractivity contribution >= 4 is 50.9 Å². The molecule has 3 saturated carbocycles. The fourth-order valence-electron chi connectivity index (χ4n) is 10.2. The van der Waals surface area contributed by atoms with Gasteiger partial charge in [0.15, 0.2) is 0 Å². The zero-order chi connectivity index (χ0) is 41.8. The van der Waals surface area contributed by atoms with E-state index in [0.717, 1.165) is 95.0 Å². The van der Waals surface area contributed by atoms with E-state index in [0.29, 0.717) is 60.6 Å². The number of fused-ring (bicyclic) bond motifs is 2. The van der Waals surface area contributed by atoms with Gasteiger partial charge >= 0.3 is 0 Å². The lowest BCUT2D eigenvalue weighted by molar-refractivity contribution is -0.134. The van der Waals surface area contributed by atoms with Crippen LogP contribution in [-0.4, -0.2) is 97.0 Å². The fraction of sp³-hybridized carbons (Fsp3) is 0.568. The Hall–Kier alpha value is -4.51. The van der Waals surface area contributed by atoms with Crippen LogP contribution in [0.1, 0.15) is 106 Å². The Morgan fingerprint density at radius 3 is 2.45 bits per heavy atom. The van der Waals surface area contributed by atoms with Gasteiger partial charge in [0.25, 0.3) is 0 Å². The van der Waals surface area contributed by atoms with Gasteiger partial charge in [0, 0.05) is 62.1 Å². The van der Waals surface area contributed by atoms with Crippen LogP contribution in [0.3, 0.4) is 0 Å². The molecule has 1 aromatic heterocycles. The van der Waals surface area contributed by atoms with E-state index in [1.807, 2.05) is 11.8 Å². The van der Waals surface area contributed by atoms with E-state index < -0.39 is 27.5 Å². The second-order valence-corrected chi connectivity index (χ2v) is 19.6. The molecule has 16 heteroatoms. The minimum atomic E-state index is -3.75. The third-order valence-corrected chi connectivity index (χ3v) is 15.5. The molecule has 4 N–H and O–H groups in total. The van der Waals surface area contributed by atoms with Crippen molar-refractivity contribution in [1.29, 1.82) is 0 Å². The second kappa shape index (κ2) is 16.4. The first-order valence-electron chi connectivity index (χ1n) is 21.8. The number of carbonyl (C=O) groups is 3. The van der Waals surface area contributed by atoms with Gasteiger partial charge in [0.05, 0.1) is 28.0 Å². The first-order chi connectivity index (χ1) is 28.9. The molecule has 2 saturated heterocycles. The van der Waals surface area contributed by atoms with Crippen LogP contribution < -0.4 is 25.2 Å². The lowest BCUT2D eigenvalue weighted by Crippen LogP contribution is -2.47. The number of aliphatic hydroxyl groups is 1. The van der Waals surface area contributed by atoms with Crippen molar-refractivity contribution in [3.8, 4) is 0 Å². The number of piperazine rings is 1. The number of sulfonamides is 1. The third-order valence-electron chi connectivity index (χ3n) is 14.0. The van der Waals surface area contributed by atoms with Gasteiger partial charge in [0.2, 0.25) is 33.7 Å². The largest absolute Gasteiger partial charge is 0.393 e. The van der Waals surface area contributed by atoms with Crippen LogP contribution in [0.25, 0.3) is 0 Å². The average Bonchev–Trinajstić information content (AvgIpc) is 4.00. The molecule has 0 radical (unpaired) electrons. The number of nitrogens with zero attached hydrogens (tertiary/aromatic N) is 5. The van der Waals surface area contributed by atoms with Crippen molar-refractivity contribution < 1.29 is 32.3 Å². The maximum absolute atomic E-state index is 15.2. The Labute approximate surface area is 350 Å². The first-order valence-corrected chi connectivity index (χ1v) is 23.2. The highest BCUT2D eigenvalue weighted by Gasteiger charge is 2.61. The fourth-order valence-corrected chi connectivity index (χ4v) is 11.6. The van der Waals surface area contributed by atoms with Crippen molar-refractivity contribution in [3.05, 3.63) is 65.1 Å². The number of benzene rings is 2. The molecule has 320 valence electrons. The van der Waals surface area contributed by atoms with Crippen LogP contribution in [0.5, 0.6) is 0 Å². The van der Waals surface area contributed by atoms with Gasteiger partial charge in [-0.2, -0.15) is 4.98 Å². The van der Waals surface area contributed by atoms with E-state index in [1.165, 1.54) is 6.07 Å². The van der Waals surface area contributed by atoms with Crippen molar-refractivity contribution in [2.45, 2.75) is 125 Å². The molecule has 3 aliphatic heterocycles. The summed E-state index contributed by atoms with van der Waals surface area (Å²) in [6.45, 7) is 5.85. The number of aromatic nitrogens is 2. The molecule has 3 aliphatic carbocycles. The summed E-state index contributed by atoms with van der Waals surface area (Å²) in [6, 6.07) is 9.76. The molecule has 2 aromatic carbocycles. The summed E-state index contributed by atoms with van der Waals surface area (Å²) in [5.41, 5.74) is 2.86. The highest BCUT2D eigenvalue weighted by atomic mass is 32.2. The lowest BCUT2D eigenvalue weighted by atomic mass is 9.84. The van der Waals surface area contributed by atoms with Crippen LogP contribution >= 0.6 is 0 Å². The summed E-state index contributed by atoms with van der Waals surface area (Å²) in [5.74, 6) is 0.0285. The van der Waals surface area contributed by atoms with Gasteiger partial charge in [-0.25, -0.2) is 22.5 Å². The number of nitrogens with one attached hydrogen (secondary N) is 3.